The van der Waals surface area contributed by atoms with Gasteiger partial charge >= 0.3 is 0 Å². The van der Waals surface area contributed by atoms with Crippen LogP contribution in [0.25, 0.3) is 0 Å². The second-order valence-electron chi connectivity index (χ2n) is 1.84. The molecule has 0 saturated carbocycles. The molecule has 0 aromatic carbocycles. The number of likely N-dealkylation sites (N-methyl/N-ethyl adjacent to an activating group) is 1. The largest absolute Gasteiger partial charge is 0.329 e. The molecule has 48 valence electrons. The van der Waals surface area contributed by atoms with Crippen LogP contribution in [0.4, 0.5) is 0 Å². The van der Waals surface area contributed by atoms with Crippen molar-refractivity contribution in [1.82, 2.24) is 4.90 Å². The molecule has 0 bridgehead atoms. The van der Waals surface area contributed by atoms with Crippen LogP contribution >= 0.6 is 0 Å². The van der Waals surface area contributed by atoms with Crippen LogP contribution in [0.2, 0.25) is 0 Å². The Bertz CT molecular complexity index is 61.5. The maximum atomic E-state index is 5.28. The molecule has 0 aliphatic carbocycles. The minimum absolute atomic E-state index is 0.727. The highest BCUT2D eigenvalue weighted by Gasteiger charge is 1.88. The van der Waals surface area contributed by atoms with Gasteiger partial charge in [-0.15, -0.1) is 6.58 Å². The molecule has 8 heavy (non-hydrogen) atoms. The van der Waals surface area contributed by atoms with Gasteiger partial charge in [-0.2, -0.15) is 0 Å². The van der Waals surface area contributed by atoms with E-state index in [1.165, 1.54) is 0 Å². The average molecular weight is 114 g/mol. The van der Waals surface area contributed by atoms with Gasteiger partial charge in [0.1, 0.15) is 0 Å². The van der Waals surface area contributed by atoms with Crippen LogP contribution in [0.1, 0.15) is 0 Å². The van der Waals surface area contributed by atoms with Crippen LogP contribution in [-0.2, 0) is 0 Å². The van der Waals surface area contributed by atoms with E-state index in [1.807, 2.05) is 13.1 Å². The van der Waals surface area contributed by atoms with Gasteiger partial charge in [0.25, 0.3) is 0 Å². The molecule has 0 aliphatic heterocycles. The standard InChI is InChI=1S/C6H14N2/c1-3-5-8(2)6-4-7/h3H,1,4-7H2,2H3. The van der Waals surface area contributed by atoms with Crippen LogP contribution in [0.3, 0.4) is 0 Å². The minimum Gasteiger partial charge on any atom is -0.329 e. The Morgan fingerprint density at radius 3 is 2.75 bits per heavy atom. The highest BCUT2D eigenvalue weighted by Crippen LogP contribution is 1.77. The highest BCUT2D eigenvalue weighted by atomic mass is 15.1. The lowest BCUT2D eigenvalue weighted by Gasteiger charge is -2.10. The summed E-state index contributed by atoms with van der Waals surface area (Å²) in [7, 11) is 2.02. The van der Waals surface area contributed by atoms with Crippen molar-refractivity contribution in [2.24, 2.45) is 5.73 Å². The summed E-state index contributed by atoms with van der Waals surface area (Å²) in [5, 5.41) is 0. The smallest absolute Gasteiger partial charge is 0.0158 e. The van der Waals surface area contributed by atoms with E-state index in [1.54, 1.807) is 0 Å². The normalized spacial score (nSPS) is 9.88. The van der Waals surface area contributed by atoms with E-state index in [9.17, 15) is 0 Å². The first-order chi connectivity index (χ1) is 3.81. The zero-order chi connectivity index (χ0) is 6.41. The zero-order valence-corrected chi connectivity index (χ0v) is 5.43. The third kappa shape index (κ3) is 3.84. The molecule has 2 heteroatoms. The molecule has 0 aliphatic rings. The summed E-state index contributed by atoms with van der Waals surface area (Å²) in [6.45, 7) is 6.21. The van der Waals surface area contributed by atoms with Gasteiger partial charge in [0, 0.05) is 19.6 Å². The van der Waals surface area contributed by atoms with E-state index in [0.717, 1.165) is 19.6 Å². The first-order valence-electron chi connectivity index (χ1n) is 2.80. The second kappa shape index (κ2) is 4.81. The van der Waals surface area contributed by atoms with Crippen molar-refractivity contribution in [2.45, 2.75) is 0 Å². The molecule has 0 aromatic heterocycles. The minimum atomic E-state index is 0.727. The van der Waals surface area contributed by atoms with Crippen molar-refractivity contribution in [3.8, 4) is 0 Å². The molecule has 0 spiro atoms. The van der Waals surface area contributed by atoms with Crippen LogP contribution in [0, 0.1) is 0 Å². The lowest BCUT2D eigenvalue weighted by atomic mass is 10.5. The maximum absolute atomic E-state index is 5.28. The first kappa shape index (κ1) is 7.66. The Labute approximate surface area is 51.0 Å². The highest BCUT2D eigenvalue weighted by molar-refractivity contribution is 4.70. The molecule has 0 aromatic rings. The predicted octanol–water partition coefficient (Wildman–Crippen LogP) is 0.0629. The molecule has 0 amide bonds. The lowest BCUT2D eigenvalue weighted by Crippen LogP contribution is -2.25. The Hall–Kier alpha value is -0.340. The third-order valence-corrected chi connectivity index (χ3v) is 0.952. The van der Waals surface area contributed by atoms with E-state index in [4.69, 9.17) is 5.73 Å². The summed E-state index contributed by atoms with van der Waals surface area (Å²) in [5.74, 6) is 0. The van der Waals surface area contributed by atoms with E-state index < -0.39 is 0 Å². The number of hydrogen-bond donors (Lipinski definition) is 1. The van der Waals surface area contributed by atoms with Crippen LogP contribution in [-0.4, -0.2) is 31.6 Å². The fraction of sp³-hybridized carbons (Fsp3) is 0.667. The molecular weight excluding hydrogens is 100 g/mol. The van der Waals surface area contributed by atoms with Crippen LogP contribution in [0.5, 0.6) is 0 Å². The summed E-state index contributed by atoms with van der Waals surface area (Å²) < 4.78 is 0. The van der Waals surface area contributed by atoms with Gasteiger partial charge in [0.05, 0.1) is 0 Å². The Kier molecular flexibility index (Phi) is 4.61. The van der Waals surface area contributed by atoms with Crippen molar-refractivity contribution in [2.75, 3.05) is 26.7 Å². The Balaban J connectivity index is 3.03. The molecule has 0 heterocycles. The summed E-state index contributed by atoms with van der Waals surface area (Å²) in [4.78, 5) is 2.12. The van der Waals surface area contributed by atoms with Crippen molar-refractivity contribution in [3.63, 3.8) is 0 Å². The SMILES string of the molecule is C=CCN(C)CCN. The van der Waals surface area contributed by atoms with E-state index in [0.29, 0.717) is 0 Å². The maximum Gasteiger partial charge on any atom is 0.0158 e. The molecule has 2 nitrogen and oxygen atoms in total. The third-order valence-electron chi connectivity index (χ3n) is 0.952. The molecule has 0 saturated heterocycles. The zero-order valence-electron chi connectivity index (χ0n) is 5.43. The van der Waals surface area contributed by atoms with Gasteiger partial charge in [-0.1, -0.05) is 6.08 Å². The summed E-state index contributed by atoms with van der Waals surface area (Å²) in [6.07, 6.45) is 1.87. The molecule has 0 atom stereocenters. The predicted molar refractivity (Wildman–Crippen MR) is 36.7 cm³/mol. The van der Waals surface area contributed by atoms with Gasteiger partial charge in [-0.05, 0) is 7.05 Å². The molecule has 0 unspecified atom stereocenters. The molecule has 2 N–H and O–H groups in total. The van der Waals surface area contributed by atoms with Crippen molar-refractivity contribution < 1.29 is 0 Å². The summed E-state index contributed by atoms with van der Waals surface area (Å²) >= 11 is 0. The topological polar surface area (TPSA) is 29.3 Å². The van der Waals surface area contributed by atoms with Gasteiger partial charge in [-0.3, -0.25) is 0 Å². The lowest BCUT2D eigenvalue weighted by molar-refractivity contribution is 0.381. The summed E-state index contributed by atoms with van der Waals surface area (Å²) in [6, 6.07) is 0. The molecule has 0 rings (SSSR count). The van der Waals surface area contributed by atoms with Crippen molar-refractivity contribution in [3.05, 3.63) is 12.7 Å². The fourth-order valence-corrected chi connectivity index (χ4v) is 0.532. The van der Waals surface area contributed by atoms with Crippen molar-refractivity contribution >= 4 is 0 Å². The molecular formula is C6H14N2. The molecule has 0 fully saturated rings. The number of nitrogens with two attached hydrogens (primary N) is 1. The van der Waals surface area contributed by atoms with Gasteiger partial charge in [0.15, 0.2) is 0 Å². The van der Waals surface area contributed by atoms with E-state index in [2.05, 4.69) is 11.5 Å². The van der Waals surface area contributed by atoms with Crippen LogP contribution in [0.15, 0.2) is 12.7 Å². The second-order valence-corrected chi connectivity index (χ2v) is 1.84. The van der Waals surface area contributed by atoms with Gasteiger partial charge < -0.3 is 10.6 Å². The summed E-state index contributed by atoms with van der Waals surface area (Å²) in [5.41, 5.74) is 5.28. The first-order valence-corrected chi connectivity index (χ1v) is 2.80. The van der Waals surface area contributed by atoms with E-state index >= 15 is 0 Å². The number of rotatable bonds is 4. The monoisotopic (exact) mass is 114 g/mol. The quantitative estimate of drug-likeness (QED) is 0.524. The van der Waals surface area contributed by atoms with Gasteiger partial charge in [-0.25, -0.2) is 0 Å². The Morgan fingerprint density at radius 1 is 1.75 bits per heavy atom. The molecule has 0 radical (unpaired) electrons. The van der Waals surface area contributed by atoms with Gasteiger partial charge in [0.2, 0.25) is 0 Å². The fourth-order valence-electron chi connectivity index (χ4n) is 0.532. The number of nitrogens with zero attached hydrogens (tertiary/aromatic N) is 1. The van der Waals surface area contributed by atoms with E-state index in [-0.39, 0.29) is 0 Å². The average Bonchev–Trinajstić information content (AvgIpc) is 1.68. The van der Waals surface area contributed by atoms with Crippen molar-refractivity contribution in [1.29, 1.82) is 0 Å². The Morgan fingerprint density at radius 2 is 2.38 bits per heavy atom. The number of hydrogen-bond acceptors (Lipinski definition) is 2. The van der Waals surface area contributed by atoms with Crippen LogP contribution < -0.4 is 5.73 Å².